The Hall–Kier alpha value is -1.12. The van der Waals surface area contributed by atoms with Crippen molar-refractivity contribution >= 4 is 41.1 Å². The summed E-state index contributed by atoms with van der Waals surface area (Å²) in [6.07, 6.45) is -5.24. The summed E-state index contributed by atoms with van der Waals surface area (Å²) in [5.74, 6) is 18.8. The van der Waals surface area contributed by atoms with Crippen LogP contribution in [0, 0.1) is 58.4 Å². The van der Waals surface area contributed by atoms with Crippen LogP contribution in [0.15, 0.2) is 0 Å². The molecule has 0 aromatic heterocycles. The average Bonchev–Trinajstić information content (AvgIpc) is 3.30. The predicted octanol–water partition coefficient (Wildman–Crippen LogP) is 13.3. The maximum absolute atomic E-state index is 12.5. The van der Waals surface area contributed by atoms with Crippen molar-refractivity contribution in [3.8, 4) is 46.6 Å². The number of methoxy groups -OCH3 is 2. The highest BCUT2D eigenvalue weighted by Crippen LogP contribution is 2.49. The summed E-state index contributed by atoms with van der Waals surface area (Å²) in [4.78, 5) is 0. The predicted molar refractivity (Wildman–Crippen MR) is 331 cm³/mol. The van der Waals surface area contributed by atoms with E-state index in [9.17, 15) is 10.2 Å². The minimum Gasteiger partial charge on any atom is -0.416 e. The molecule has 0 aromatic carbocycles. The van der Waals surface area contributed by atoms with Crippen LogP contribution in [0.25, 0.3) is 0 Å². The fourth-order valence-electron chi connectivity index (χ4n) is 13.2. The van der Waals surface area contributed by atoms with Crippen LogP contribution in [0.3, 0.4) is 0 Å². The van der Waals surface area contributed by atoms with Gasteiger partial charge in [-0.2, -0.15) is 0 Å². The van der Waals surface area contributed by atoms with E-state index in [0.29, 0.717) is 23.2 Å². The fourth-order valence-corrected chi connectivity index (χ4v) is 31.9. The lowest BCUT2D eigenvalue weighted by Gasteiger charge is -2.50. The van der Waals surface area contributed by atoms with Gasteiger partial charge in [0, 0.05) is 20.8 Å². The third-order valence-electron chi connectivity index (χ3n) is 17.7. The van der Waals surface area contributed by atoms with E-state index in [4.69, 9.17) is 41.7 Å². The van der Waals surface area contributed by atoms with Gasteiger partial charge in [-0.05, 0) is 73.2 Å². The van der Waals surface area contributed by atoms with Crippen molar-refractivity contribution in [2.75, 3.05) is 47.6 Å². The molecule has 2 heterocycles. The Morgan fingerprint density at radius 2 is 0.961 bits per heavy atom. The minimum atomic E-state index is -2.64. The molecule has 0 spiro atoms. The Balaban J connectivity index is 2.94. The molecule has 77 heavy (non-hydrogen) atoms. The topological polar surface area (TPSA) is 124 Å². The highest BCUT2D eigenvalue weighted by molar-refractivity contribution is 6.87. The van der Waals surface area contributed by atoms with Gasteiger partial charge in [0.1, 0.15) is 60.3 Å². The van der Waals surface area contributed by atoms with Crippen LogP contribution in [-0.4, -0.2) is 148 Å². The molecule has 0 aromatic rings. The molecular formula is C61H114O11Si5. The number of aliphatic hydroxyl groups is 2. The number of hydrogen-bond acceptors (Lipinski definition) is 11. The fraction of sp³-hybridized carbons (Fsp3) is 0.869. The maximum atomic E-state index is 12.5. The SMILES string of the molecule is COCOC[C@H]1O[C@@H](C#CC#C[C@H]2[C@H](O)[C@@H](O[Si](C(C)C)(C(C)C)C(C)C)[C@H](C#C[Si](C)(C)C)O[C@@H]2CO)[C@H](O[Si](C(C)C)(C(C)C)C(C)C)[C@@H](OCOC)[C@@H]1C#C[Si](C)(C)C(C)(C)CCO[Si](C(C)C)(C(C)C)C(C)C. The van der Waals surface area contributed by atoms with Crippen molar-refractivity contribution in [1.29, 1.82) is 0 Å². The molecular weight excluding hydrogens is 1050 g/mol. The number of hydrogen-bond donors (Lipinski definition) is 2. The lowest BCUT2D eigenvalue weighted by atomic mass is 9.87. The highest BCUT2D eigenvalue weighted by atomic mass is 28.4. The second-order valence-corrected chi connectivity index (χ2v) is 53.2. The van der Waals surface area contributed by atoms with Crippen LogP contribution >= 0.6 is 0 Å². The van der Waals surface area contributed by atoms with Gasteiger partial charge in [-0.25, -0.2) is 0 Å². The molecule has 2 fully saturated rings. The van der Waals surface area contributed by atoms with E-state index in [1.807, 2.05) is 0 Å². The van der Waals surface area contributed by atoms with Gasteiger partial charge < -0.3 is 51.9 Å². The maximum Gasteiger partial charge on any atom is 0.201 e. The van der Waals surface area contributed by atoms with Gasteiger partial charge in [0.25, 0.3) is 0 Å². The van der Waals surface area contributed by atoms with Gasteiger partial charge in [0.05, 0.1) is 43.4 Å². The van der Waals surface area contributed by atoms with Crippen molar-refractivity contribution in [3.05, 3.63) is 0 Å². The molecule has 444 valence electrons. The van der Waals surface area contributed by atoms with Crippen LogP contribution in [0.4, 0.5) is 0 Å². The van der Waals surface area contributed by atoms with Crippen LogP contribution in [0.2, 0.25) is 87.6 Å². The standard InChI is InChI=1S/C61H114O11Si5/c1-42(2)75(43(3)4,44(5)6)68-35-34-61(19,20)74(26,27)37-32-52-56(39-66-40-64-21)70-53(60(58(52)67-41-65-22)72-77(48(13)14,49(15)16)50(17)18)31-29-28-30-51-55(38-62)69-54(33-36-73(23,24)25)59(57(51)63)71-76(45(7)8,46(9)10)47(11)12/h42-60,62-63H,34-35,38-41H2,1-27H3/t51-,52-,53+,54+,55-,56-,57+,58+,59+,60+/m1/s1. The first kappa shape index (κ1) is 72.0. The second kappa shape index (κ2) is 31.0. The van der Waals surface area contributed by atoms with Crippen molar-refractivity contribution in [2.45, 2.75) is 281 Å². The monoisotopic (exact) mass is 1160 g/mol. The van der Waals surface area contributed by atoms with Crippen LogP contribution in [-0.2, 0) is 41.7 Å². The summed E-state index contributed by atoms with van der Waals surface area (Å²) in [6, 6.07) is 0. The van der Waals surface area contributed by atoms with Gasteiger partial charge in [-0.15, -0.1) is 17.0 Å². The first-order valence-corrected chi connectivity index (χ1v) is 42.3. The molecule has 0 bridgehead atoms. The van der Waals surface area contributed by atoms with Gasteiger partial charge in [0.2, 0.25) is 16.6 Å². The Bertz CT molecular complexity index is 1970. The second-order valence-electron chi connectivity index (χ2n) is 27.3. The molecule has 2 N–H and O–H groups in total. The first-order chi connectivity index (χ1) is 35.5. The number of aliphatic hydroxyl groups excluding tert-OH is 2. The lowest BCUT2D eigenvalue weighted by molar-refractivity contribution is -0.217. The first-order valence-electron chi connectivity index (χ1n) is 29.4. The summed E-state index contributed by atoms with van der Waals surface area (Å²) < 4.78 is 60.0. The Kier molecular flexibility index (Phi) is 29.0. The zero-order valence-corrected chi connectivity index (χ0v) is 58.8. The summed E-state index contributed by atoms with van der Waals surface area (Å²) in [6.45, 7) is 57.6. The summed E-state index contributed by atoms with van der Waals surface area (Å²) in [5.41, 5.74) is 10.4. The molecule has 0 amide bonds. The van der Waals surface area contributed by atoms with E-state index in [0.717, 1.165) is 6.42 Å². The molecule has 16 heteroatoms. The van der Waals surface area contributed by atoms with Gasteiger partial charge >= 0.3 is 0 Å². The van der Waals surface area contributed by atoms with Crippen LogP contribution in [0.1, 0.15) is 145 Å². The van der Waals surface area contributed by atoms with Gasteiger partial charge in [-0.3, -0.25) is 0 Å². The van der Waals surface area contributed by atoms with Crippen molar-refractivity contribution in [3.63, 3.8) is 0 Å². The highest BCUT2D eigenvalue weighted by Gasteiger charge is 2.56. The zero-order chi connectivity index (χ0) is 59.2. The molecule has 2 aliphatic rings. The molecule has 11 nitrogen and oxygen atoms in total. The molecule has 0 saturated carbocycles. The Labute approximate surface area is 478 Å². The summed E-state index contributed by atoms with van der Waals surface area (Å²) in [7, 11) is -8.21. The normalized spacial score (nSPS) is 25.1. The molecule has 0 radical (unpaired) electrons. The molecule has 2 rings (SSSR count). The van der Waals surface area contributed by atoms with Crippen molar-refractivity contribution in [1.82, 2.24) is 0 Å². The van der Waals surface area contributed by atoms with Crippen molar-refractivity contribution < 1.29 is 51.9 Å². The molecule has 0 unspecified atom stereocenters. The number of ether oxygens (including phenoxy) is 6. The van der Waals surface area contributed by atoms with E-state index >= 15 is 0 Å². The van der Waals surface area contributed by atoms with E-state index in [-0.39, 0.29) is 65.1 Å². The smallest absolute Gasteiger partial charge is 0.201 e. The molecule has 0 aliphatic carbocycles. The molecule has 2 aliphatic heterocycles. The van der Waals surface area contributed by atoms with E-state index in [1.54, 1.807) is 14.2 Å². The van der Waals surface area contributed by atoms with Gasteiger partial charge in [-0.1, -0.05) is 189 Å². The molecule has 10 atom stereocenters. The Morgan fingerprint density at radius 1 is 0.519 bits per heavy atom. The van der Waals surface area contributed by atoms with Crippen LogP contribution in [0.5, 0.6) is 0 Å². The van der Waals surface area contributed by atoms with Crippen LogP contribution < -0.4 is 0 Å². The molecule has 2 saturated heterocycles. The third kappa shape index (κ3) is 17.7. The minimum absolute atomic E-state index is 0.00792. The Morgan fingerprint density at radius 3 is 1.40 bits per heavy atom. The van der Waals surface area contributed by atoms with Crippen molar-refractivity contribution in [2.24, 2.45) is 11.8 Å². The van der Waals surface area contributed by atoms with E-state index in [2.05, 4.69) is 218 Å². The van der Waals surface area contributed by atoms with E-state index in [1.165, 1.54) is 0 Å². The number of rotatable bonds is 26. The third-order valence-corrected chi connectivity index (χ3v) is 41.3. The zero-order valence-electron chi connectivity index (χ0n) is 53.8. The average molecular weight is 1160 g/mol. The lowest BCUT2D eigenvalue weighted by Crippen LogP contribution is -2.62. The summed E-state index contributed by atoms with van der Waals surface area (Å²) in [5, 5.41) is 23.2. The van der Waals surface area contributed by atoms with Gasteiger partial charge in [0.15, 0.2) is 8.32 Å². The van der Waals surface area contributed by atoms with E-state index < -0.39 is 102 Å². The summed E-state index contributed by atoms with van der Waals surface area (Å²) >= 11 is 0. The quantitative estimate of drug-likeness (QED) is 0.0372. The largest absolute Gasteiger partial charge is 0.416 e.